The first kappa shape index (κ1) is 11.2. The number of hydrogen-bond acceptors (Lipinski definition) is 4. The molecule has 4 heteroatoms. The number of nitriles is 1. The zero-order chi connectivity index (χ0) is 11.4. The topological polar surface area (TPSA) is 36.7 Å². The molecule has 0 unspecified atom stereocenters. The van der Waals surface area contributed by atoms with Gasteiger partial charge >= 0.3 is 0 Å². The maximum atomic E-state index is 8.68. The second kappa shape index (κ2) is 5.15. The van der Waals surface area contributed by atoms with Gasteiger partial charge in [-0.15, -0.1) is 23.1 Å². The quantitative estimate of drug-likeness (QED) is 0.776. The average Bonchev–Trinajstić information content (AvgIpc) is 2.76. The number of aromatic nitrogens is 1. The third kappa shape index (κ3) is 2.84. The fraction of sp³-hybridized carbons (Fsp3) is 0.167. The highest BCUT2D eigenvalue weighted by molar-refractivity contribution is 7.98. The van der Waals surface area contributed by atoms with Crippen LogP contribution in [0.25, 0.3) is 0 Å². The molecule has 2 nitrogen and oxygen atoms in total. The standard InChI is InChI=1S/C12H10N2S2/c1-9-2-4-10(5-3-9)15-8-12-14-7-11(6-13)16-12/h2-5,7H,8H2,1H3. The first-order valence-electron chi connectivity index (χ1n) is 4.82. The van der Waals surface area contributed by atoms with E-state index in [1.54, 1.807) is 18.0 Å². The van der Waals surface area contributed by atoms with E-state index in [0.717, 1.165) is 10.8 Å². The van der Waals surface area contributed by atoms with E-state index in [2.05, 4.69) is 42.2 Å². The van der Waals surface area contributed by atoms with E-state index in [-0.39, 0.29) is 0 Å². The Labute approximate surface area is 103 Å². The summed E-state index contributed by atoms with van der Waals surface area (Å²) in [6.07, 6.45) is 1.63. The Balaban J connectivity index is 1.97. The number of benzene rings is 1. The SMILES string of the molecule is Cc1ccc(SCc2ncc(C#N)s2)cc1. The molecule has 1 aromatic heterocycles. The highest BCUT2D eigenvalue weighted by Gasteiger charge is 2.02. The van der Waals surface area contributed by atoms with E-state index in [1.807, 2.05) is 0 Å². The van der Waals surface area contributed by atoms with Gasteiger partial charge in [-0.05, 0) is 19.1 Å². The van der Waals surface area contributed by atoms with Crippen LogP contribution in [0.1, 0.15) is 15.4 Å². The lowest BCUT2D eigenvalue weighted by Gasteiger charge is -1.99. The lowest BCUT2D eigenvalue weighted by Crippen LogP contribution is -1.78. The molecule has 0 bridgehead atoms. The van der Waals surface area contributed by atoms with Crippen LogP contribution in [-0.2, 0) is 5.75 Å². The number of aryl methyl sites for hydroxylation is 1. The Morgan fingerprint density at radius 2 is 2.12 bits per heavy atom. The number of rotatable bonds is 3. The molecule has 0 N–H and O–H groups in total. The summed E-state index contributed by atoms with van der Waals surface area (Å²) in [5, 5.41) is 9.68. The molecule has 80 valence electrons. The molecule has 1 heterocycles. The van der Waals surface area contributed by atoms with Crippen LogP contribution in [0.5, 0.6) is 0 Å². The molecule has 0 aliphatic heterocycles. The summed E-state index contributed by atoms with van der Waals surface area (Å²) >= 11 is 3.21. The normalized spacial score (nSPS) is 10.0. The Hall–Kier alpha value is -1.31. The van der Waals surface area contributed by atoms with E-state index in [0.29, 0.717) is 4.88 Å². The van der Waals surface area contributed by atoms with Crippen molar-refractivity contribution in [1.29, 1.82) is 5.26 Å². The zero-order valence-electron chi connectivity index (χ0n) is 8.80. The molecule has 0 spiro atoms. The van der Waals surface area contributed by atoms with Gasteiger partial charge in [-0.25, -0.2) is 4.98 Å². The van der Waals surface area contributed by atoms with Crippen molar-refractivity contribution in [1.82, 2.24) is 4.98 Å². The van der Waals surface area contributed by atoms with Crippen molar-refractivity contribution in [2.75, 3.05) is 0 Å². The molecule has 0 fully saturated rings. The maximum Gasteiger partial charge on any atom is 0.124 e. The highest BCUT2D eigenvalue weighted by Crippen LogP contribution is 2.25. The van der Waals surface area contributed by atoms with Crippen molar-refractivity contribution in [3.8, 4) is 6.07 Å². The Morgan fingerprint density at radius 1 is 1.38 bits per heavy atom. The van der Waals surface area contributed by atoms with Crippen LogP contribution in [0.2, 0.25) is 0 Å². The lowest BCUT2D eigenvalue weighted by molar-refractivity contribution is 1.26. The van der Waals surface area contributed by atoms with Gasteiger partial charge in [0.15, 0.2) is 0 Å². The molecule has 2 aromatic rings. The summed E-state index contributed by atoms with van der Waals surface area (Å²) < 4.78 is 0. The number of thiazole rings is 1. The van der Waals surface area contributed by atoms with Crippen molar-refractivity contribution in [3.63, 3.8) is 0 Å². The van der Waals surface area contributed by atoms with Crippen molar-refractivity contribution < 1.29 is 0 Å². The molecular formula is C12H10N2S2. The molecule has 0 atom stereocenters. The Kier molecular flexibility index (Phi) is 3.60. The van der Waals surface area contributed by atoms with Gasteiger partial charge in [0.05, 0.1) is 11.9 Å². The molecular weight excluding hydrogens is 236 g/mol. The van der Waals surface area contributed by atoms with Gasteiger partial charge in [0.1, 0.15) is 16.0 Å². The minimum Gasteiger partial charge on any atom is -0.247 e. The van der Waals surface area contributed by atoms with Gasteiger partial charge in [0, 0.05) is 4.90 Å². The molecule has 0 saturated carbocycles. The summed E-state index contributed by atoms with van der Waals surface area (Å²) in [6, 6.07) is 10.5. The van der Waals surface area contributed by atoms with Crippen molar-refractivity contribution >= 4 is 23.1 Å². The highest BCUT2D eigenvalue weighted by atomic mass is 32.2. The third-order valence-corrected chi connectivity index (χ3v) is 4.16. The molecule has 0 saturated heterocycles. The van der Waals surface area contributed by atoms with Gasteiger partial charge in [-0.2, -0.15) is 5.26 Å². The van der Waals surface area contributed by atoms with Gasteiger partial charge in [-0.3, -0.25) is 0 Å². The first-order valence-corrected chi connectivity index (χ1v) is 6.62. The van der Waals surface area contributed by atoms with Crippen LogP contribution in [0.3, 0.4) is 0 Å². The van der Waals surface area contributed by atoms with Gasteiger partial charge in [0.2, 0.25) is 0 Å². The largest absolute Gasteiger partial charge is 0.247 e. The number of thioether (sulfide) groups is 1. The summed E-state index contributed by atoms with van der Waals surface area (Å²) in [4.78, 5) is 6.11. The molecule has 0 aliphatic carbocycles. The predicted molar refractivity (Wildman–Crippen MR) is 67.6 cm³/mol. The fourth-order valence-electron chi connectivity index (χ4n) is 1.21. The molecule has 16 heavy (non-hydrogen) atoms. The summed E-state index contributed by atoms with van der Waals surface area (Å²) in [5.74, 6) is 0.829. The lowest BCUT2D eigenvalue weighted by atomic mass is 10.2. The van der Waals surface area contributed by atoms with E-state index >= 15 is 0 Å². The summed E-state index contributed by atoms with van der Waals surface area (Å²) in [5.41, 5.74) is 1.27. The number of hydrogen-bond donors (Lipinski definition) is 0. The minimum absolute atomic E-state index is 0.680. The third-order valence-electron chi connectivity index (χ3n) is 2.05. The van der Waals surface area contributed by atoms with Gasteiger partial charge in [-0.1, -0.05) is 17.7 Å². The summed E-state index contributed by atoms with van der Waals surface area (Å²) in [7, 11) is 0. The maximum absolute atomic E-state index is 8.68. The van der Waals surface area contributed by atoms with Crippen LogP contribution in [0.4, 0.5) is 0 Å². The first-order chi connectivity index (χ1) is 7.78. The predicted octanol–water partition coefficient (Wildman–Crippen LogP) is 3.62. The van der Waals surface area contributed by atoms with Crippen LogP contribution < -0.4 is 0 Å². The molecule has 0 amide bonds. The van der Waals surface area contributed by atoms with Crippen molar-refractivity contribution in [2.24, 2.45) is 0 Å². The zero-order valence-corrected chi connectivity index (χ0v) is 10.4. The average molecular weight is 246 g/mol. The van der Waals surface area contributed by atoms with Crippen molar-refractivity contribution in [3.05, 3.63) is 45.9 Å². The second-order valence-corrected chi connectivity index (χ2v) is 5.50. The van der Waals surface area contributed by atoms with Crippen LogP contribution in [0, 0.1) is 18.3 Å². The molecule has 1 aromatic carbocycles. The Morgan fingerprint density at radius 3 is 2.75 bits per heavy atom. The molecule has 0 radical (unpaired) electrons. The van der Waals surface area contributed by atoms with E-state index < -0.39 is 0 Å². The van der Waals surface area contributed by atoms with Gasteiger partial charge in [0.25, 0.3) is 0 Å². The van der Waals surface area contributed by atoms with E-state index in [4.69, 9.17) is 5.26 Å². The minimum atomic E-state index is 0.680. The monoisotopic (exact) mass is 246 g/mol. The van der Waals surface area contributed by atoms with Crippen LogP contribution in [-0.4, -0.2) is 4.98 Å². The van der Waals surface area contributed by atoms with Gasteiger partial charge < -0.3 is 0 Å². The summed E-state index contributed by atoms with van der Waals surface area (Å²) in [6.45, 7) is 2.08. The Bertz CT molecular complexity index is 509. The number of nitrogens with zero attached hydrogens (tertiary/aromatic N) is 2. The van der Waals surface area contributed by atoms with Crippen LogP contribution >= 0.6 is 23.1 Å². The van der Waals surface area contributed by atoms with Crippen LogP contribution in [0.15, 0.2) is 35.4 Å². The molecule has 2 rings (SSSR count). The fourth-order valence-corrected chi connectivity index (χ4v) is 2.82. The van der Waals surface area contributed by atoms with Crippen molar-refractivity contribution in [2.45, 2.75) is 17.6 Å². The second-order valence-electron chi connectivity index (χ2n) is 3.33. The smallest absolute Gasteiger partial charge is 0.124 e. The van der Waals surface area contributed by atoms with E-state index in [1.165, 1.54) is 21.8 Å². The molecule has 0 aliphatic rings. The van der Waals surface area contributed by atoms with E-state index in [9.17, 15) is 0 Å².